The van der Waals surface area contributed by atoms with E-state index in [1.165, 1.54) is 6.07 Å². The molecule has 0 unspecified atom stereocenters. The van der Waals surface area contributed by atoms with Crippen molar-refractivity contribution in [2.75, 3.05) is 0 Å². The van der Waals surface area contributed by atoms with Gasteiger partial charge < -0.3 is 9.63 Å². The Kier molecular flexibility index (Phi) is 4.05. The molecule has 8 nitrogen and oxygen atoms in total. The fourth-order valence-corrected chi connectivity index (χ4v) is 3.09. The van der Waals surface area contributed by atoms with E-state index in [0.717, 1.165) is 12.5 Å². The molecule has 1 heterocycles. The van der Waals surface area contributed by atoms with Gasteiger partial charge in [0.15, 0.2) is 5.82 Å². The summed E-state index contributed by atoms with van der Waals surface area (Å²) in [6.45, 7) is 3.07. The van der Waals surface area contributed by atoms with Crippen molar-refractivity contribution in [3.8, 4) is 0 Å². The highest BCUT2D eigenvalue weighted by Gasteiger charge is 2.21. The van der Waals surface area contributed by atoms with Crippen LogP contribution in [-0.4, -0.2) is 29.6 Å². The predicted molar refractivity (Wildman–Crippen MR) is 71.2 cm³/mol. The van der Waals surface area contributed by atoms with Gasteiger partial charge in [-0.2, -0.15) is 4.98 Å². The van der Waals surface area contributed by atoms with Crippen LogP contribution in [0.2, 0.25) is 0 Å². The highest BCUT2D eigenvalue weighted by Crippen LogP contribution is 2.20. The van der Waals surface area contributed by atoms with E-state index in [1.807, 2.05) is 0 Å². The fourth-order valence-electron chi connectivity index (χ4n) is 1.86. The largest absolute Gasteiger partial charge is 0.478 e. The number of nitrogens with zero attached hydrogens (tertiary/aromatic N) is 2. The van der Waals surface area contributed by atoms with Crippen molar-refractivity contribution >= 4 is 16.0 Å². The van der Waals surface area contributed by atoms with Crippen molar-refractivity contribution in [3.63, 3.8) is 0 Å². The molecule has 0 spiro atoms. The summed E-state index contributed by atoms with van der Waals surface area (Å²) < 4.78 is 31.3. The highest BCUT2D eigenvalue weighted by atomic mass is 32.2. The van der Waals surface area contributed by atoms with Gasteiger partial charge in [-0.1, -0.05) is 11.2 Å². The monoisotopic (exact) mass is 311 g/mol. The Morgan fingerprint density at radius 1 is 1.33 bits per heavy atom. The third-order valence-electron chi connectivity index (χ3n) is 2.87. The fraction of sp³-hybridized carbons (Fsp3) is 0.250. The van der Waals surface area contributed by atoms with Gasteiger partial charge in [0.25, 0.3) is 0 Å². The van der Waals surface area contributed by atoms with Crippen LogP contribution >= 0.6 is 0 Å². The van der Waals surface area contributed by atoms with E-state index in [4.69, 9.17) is 5.11 Å². The first-order chi connectivity index (χ1) is 9.81. The Labute approximate surface area is 120 Å². The van der Waals surface area contributed by atoms with E-state index < -0.39 is 16.0 Å². The molecule has 0 aliphatic heterocycles. The molecule has 112 valence electrons. The summed E-state index contributed by atoms with van der Waals surface area (Å²) in [5, 5.41) is 12.6. The van der Waals surface area contributed by atoms with E-state index in [1.54, 1.807) is 13.8 Å². The number of hydrogen-bond donors (Lipinski definition) is 2. The maximum absolute atomic E-state index is 12.2. The number of carboxylic acids is 1. The number of aryl methyl sites for hydroxylation is 2. The second-order valence-corrected chi connectivity index (χ2v) is 6.15. The molecule has 0 fully saturated rings. The van der Waals surface area contributed by atoms with E-state index >= 15 is 0 Å². The Morgan fingerprint density at radius 2 is 2.05 bits per heavy atom. The molecular formula is C12H13N3O5S. The van der Waals surface area contributed by atoms with Crippen LogP contribution in [0.5, 0.6) is 0 Å². The Bertz CT molecular complexity index is 768. The van der Waals surface area contributed by atoms with E-state index in [9.17, 15) is 13.2 Å². The first-order valence-corrected chi connectivity index (χ1v) is 7.39. The number of nitrogens with one attached hydrogen (secondary N) is 1. The van der Waals surface area contributed by atoms with E-state index in [2.05, 4.69) is 19.4 Å². The van der Waals surface area contributed by atoms with Crippen LogP contribution in [0.15, 0.2) is 27.9 Å². The lowest BCUT2D eigenvalue weighted by molar-refractivity contribution is 0.0696. The van der Waals surface area contributed by atoms with Crippen LogP contribution < -0.4 is 4.72 Å². The van der Waals surface area contributed by atoms with Crippen LogP contribution in [-0.2, 0) is 16.6 Å². The van der Waals surface area contributed by atoms with Gasteiger partial charge in [-0.3, -0.25) is 0 Å². The smallest absolute Gasteiger partial charge is 0.335 e. The summed E-state index contributed by atoms with van der Waals surface area (Å²) in [6, 6.07) is 2.66. The third kappa shape index (κ3) is 3.26. The molecule has 2 aromatic rings. The number of carboxylic acid groups (broad SMARTS) is 1. The molecule has 0 amide bonds. The molecule has 2 N–H and O–H groups in total. The average Bonchev–Trinajstić information content (AvgIpc) is 2.88. The zero-order valence-electron chi connectivity index (χ0n) is 11.3. The van der Waals surface area contributed by atoms with Crippen LogP contribution in [0.1, 0.15) is 27.3 Å². The Hall–Kier alpha value is -2.26. The van der Waals surface area contributed by atoms with Gasteiger partial charge in [-0.15, -0.1) is 0 Å². The van der Waals surface area contributed by atoms with Gasteiger partial charge in [-0.25, -0.2) is 17.9 Å². The second-order valence-electron chi connectivity index (χ2n) is 4.41. The molecule has 0 saturated carbocycles. The zero-order chi connectivity index (χ0) is 15.6. The lowest BCUT2D eigenvalue weighted by Crippen LogP contribution is -2.25. The van der Waals surface area contributed by atoms with Gasteiger partial charge in [0.2, 0.25) is 16.4 Å². The molecule has 21 heavy (non-hydrogen) atoms. The summed E-state index contributed by atoms with van der Waals surface area (Å²) in [6.07, 6.45) is 1.09. The van der Waals surface area contributed by atoms with Crippen LogP contribution in [0, 0.1) is 13.8 Å². The molecule has 1 aromatic heterocycles. The number of aromatic nitrogens is 2. The third-order valence-corrected chi connectivity index (χ3v) is 4.41. The summed E-state index contributed by atoms with van der Waals surface area (Å²) >= 11 is 0. The second kappa shape index (κ2) is 5.62. The van der Waals surface area contributed by atoms with Crippen molar-refractivity contribution < 1.29 is 22.8 Å². The number of benzene rings is 1. The number of carbonyl (C=O) groups is 1. The number of rotatable bonds is 5. The molecule has 0 aliphatic carbocycles. The summed E-state index contributed by atoms with van der Waals surface area (Å²) in [5.74, 6) is -0.996. The van der Waals surface area contributed by atoms with E-state index in [-0.39, 0.29) is 22.8 Å². The first-order valence-electron chi connectivity index (χ1n) is 5.90. The van der Waals surface area contributed by atoms with Crippen LogP contribution in [0.25, 0.3) is 0 Å². The average molecular weight is 311 g/mol. The Morgan fingerprint density at radius 3 is 2.62 bits per heavy atom. The normalized spacial score (nSPS) is 11.5. The molecule has 0 atom stereocenters. The standard InChI is InChI=1S/C12H13N3O5S/c1-7-3-8(2)10(4-9(7)12(16)17)21(18,19)14-5-11-13-6-20-15-11/h3-4,6,14H,5H2,1-2H3,(H,16,17). The number of hydrogen-bond acceptors (Lipinski definition) is 6. The molecule has 1 aromatic carbocycles. The summed E-state index contributed by atoms with van der Waals surface area (Å²) in [4.78, 5) is 14.7. The predicted octanol–water partition coefficient (Wildman–Crippen LogP) is 0.863. The number of aromatic carboxylic acids is 1. The molecular weight excluding hydrogens is 298 g/mol. The van der Waals surface area contributed by atoms with E-state index in [0.29, 0.717) is 11.1 Å². The summed E-state index contributed by atoms with van der Waals surface area (Å²) in [5.41, 5.74) is 0.899. The van der Waals surface area contributed by atoms with Gasteiger partial charge in [0, 0.05) is 0 Å². The molecule has 0 radical (unpaired) electrons. The maximum Gasteiger partial charge on any atom is 0.335 e. The first kappa shape index (κ1) is 15.1. The highest BCUT2D eigenvalue weighted by molar-refractivity contribution is 7.89. The molecule has 0 aliphatic rings. The van der Waals surface area contributed by atoms with Crippen molar-refractivity contribution in [1.82, 2.24) is 14.9 Å². The minimum absolute atomic E-state index is 0.0551. The SMILES string of the molecule is Cc1cc(C)c(S(=O)(=O)NCc2ncon2)cc1C(=O)O. The van der Waals surface area contributed by atoms with Crippen molar-refractivity contribution in [3.05, 3.63) is 41.0 Å². The summed E-state index contributed by atoms with van der Waals surface area (Å²) in [7, 11) is -3.87. The van der Waals surface area contributed by atoms with Crippen LogP contribution in [0.4, 0.5) is 0 Å². The molecule has 0 bridgehead atoms. The zero-order valence-corrected chi connectivity index (χ0v) is 12.1. The van der Waals surface area contributed by atoms with Crippen molar-refractivity contribution in [2.45, 2.75) is 25.3 Å². The molecule has 9 heteroatoms. The van der Waals surface area contributed by atoms with Gasteiger partial charge in [-0.05, 0) is 31.0 Å². The van der Waals surface area contributed by atoms with Gasteiger partial charge in [0.05, 0.1) is 17.0 Å². The topological polar surface area (TPSA) is 122 Å². The minimum Gasteiger partial charge on any atom is -0.478 e. The molecule has 0 saturated heterocycles. The molecule has 2 rings (SSSR count). The lowest BCUT2D eigenvalue weighted by atomic mass is 10.1. The van der Waals surface area contributed by atoms with Crippen molar-refractivity contribution in [2.24, 2.45) is 0 Å². The minimum atomic E-state index is -3.87. The number of sulfonamides is 1. The van der Waals surface area contributed by atoms with Crippen molar-refractivity contribution in [1.29, 1.82) is 0 Å². The van der Waals surface area contributed by atoms with Gasteiger partial charge in [0.1, 0.15) is 0 Å². The quantitative estimate of drug-likeness (QED) is 0.839. The van der Waals surface area contributed by atoms with Crippen LogP contribution in [0.3, 0.4) is 0 Å². The van der Waals surface area contributed by atoms with Gasteiger partial charge >= 0.3 is 5.97 Å². The lowest BCUT2D eigenvalue weighted by Gasteiger charge is -2.11. The maximum atomic E-state index is 12.2. The Balaban J connectivity index is 2.35.